The molecule has 0 saturated carbocycles. The molecule has 2 fully saturated rings. The molecule has 3 rings (SSSR count). The van der Waals surface area contributed by atoms with Gasteiger partial charge in [-0.05, 0) is 24.8 Å². The molecule has 188 valence electrons. The minimum atomic E-state index is -1.21. The minimum absolute atomic E-state index is 0.190. The van der Waals surface area contributed by atoms with Gasteiger partial charge in [0.05, 0.1) is 0 Å². The molecule has 2 heterocycles. The van der Waals surface area contributed by atoms with E-state index in [1.807, 2.05) is 51.1 Å². The average Bonchev–Trinajstić information content (AvgIpc) is 2.81. The van der Waals surface area contributed by atoms with Crippen molar-refractivity contribution in [2.24, 2.45) is 5.41 Å². The number of hydrogen-bond acceptors (Lipinski definition) is 5. The van der Waals surface area contributed by atoms with Crippen LogP contribution in [-0.4, -0.2) is 100 Å². The first kappa shape index (κ1) is 25.8. The van der Waals surface area contributed by atoms with E-state index in [1.54, 1.807) is 9.80 Å². The topological polar surface area (TPSA) is 93.6 Å². The SMILES string of the molecule is CC(C)N1CCN(C(=O)O)[C@](C(=O)N2CCN(C(=O)OCc3ccccc3)CC2)(C(C)(C)C)C1. The Morgan fingerprint density at radius 1 is 0.971 bits per heavy atom. The summed E-state index contributed by atoms with van der Waals surface area (Å²) in [6.45, 7) is 12.7. The second-order valence-electron chi connectivity index (χ2n) is 10.4. The van der Waals surface area contributed by atoms with Crippen LogP contribution < -0.4 is 0 Å². The second-order valence-corrected chi connectivity index (χ2v) is 10.4. The summed E-state index contributed by atoms with van der Waals surface area (Å²) >= 11 is 0. The smallest absolute Gasteiger partial charge is 0.410 e. The fourth-order valence-electron chi connectivity index (χ4n) is 4.89. The molecule has 9 heteroatoms. The van der Waals surface area contributed by atoms with Crippen LogP contribution in [0, 0.1) is 5.41 Å². The third-order valence-electron chi connectivity index (χ3n) is 7.09. The molecule has 0 aliphatic carbocycles. The van der Waals surface area contributed by atoms with E-state index in [-0.39, 0.29) is 25.1 Å². The Labute approximate surface area is 202 Å². The summed E-state index contributed by atoms with van der Waals surface area (Å²) in [4.78, 5) is 45.7. The molecule has 0 aromatic heterocycles. The molecule has 9 nitrogen and oxygen atoms in total. The van der Waals surface area contributed by atoms with E-state index in [0.717, 1.165) is 5.56 Å². The Balaban J connectivity index is 1.72. The predicted molar refractivity (Wildman–Crippen MR) is 128 cm³/mol. The number of rotatable bonds is 4. The summed E-state index contributed by atoms with van der Waals surface area (Å²) in [5.74, 6) is -0.190. The number of hydrogen-bond donors (Lipinski definition) is 1. The molecule has 0 spiro atoms. The third kappa shape index (κ3) is 5.14. The van der Waals surface area contributed by atoms with Gasteiger partial charge in [-0.25, -0.2) is 9.59 Å². The first-order valence-corrected chi connectivity index (χ1v) is 12.0. The zero-order valence-electron chi connectivity index (χ0n) is 21.0. The molecular weight excluding hydrogens is 436 g/mol. The molecule has 34 heavy (non-hydrogen) atoms. The number of piperazine rings is 2. The van der Waals surface area contributed by atoms with Crippen molar-refractivity contribution in [1.29, 1.82) is 0 Å². The lowest BCUT2D eigenvalue weighted by atomic mass is 9.69. The molecule has 1 aromatic carbocycles. The molecule has 2 aliphatic heterocycles. The molecule has 1 aromatic rings. The molecule has 0 radical (unpaired) electrons. The lowest BCUT2D eigenvalue weighted by Crippen LogP contribution is -2.76. The van der Waals surface area contributed by atoms with E-state index >= 15 is 0 Å². The van der Waals surface area contributed by atoms with Crippen LogP contribution in [-0.2, 0) is 16.1 Å². The monoisotopic (exact) mass is 474 g/mol. The van der Waals surface area contributed by atoms with Gasteiger partial charge in [-0.1, -0.05) is 51.1 Å². The Morgan fingerprint density at radius 3 is 2.09 bits per heavy atom. The van der Waals surface area contributed by atoms with Gasteiger partial charge in [0.25, 0.3) is 5.91 Å². The highest BCUT2D eigenvalue weighted by molar-refractivity contribution is 5.91. The maximum Gasteiger partial charge on any atom is 0.410 e. The van der Waals surface area contributed by atoms with E-state index in [4.69, 9.17) is 4.74 Å². The predicted octanol–water partition coefficient (Wildman–Crippen LogP) is 2.96. The number of benzene rings is 1. The minimum Gasteiger partial charge on any atom is -0.465 e. The van der Waals surface area contributed by atoms with Crippen LogP contribution in [0.1, 0.15) is 40.2 Å². The maximum atomic E-state index is 14.1. The Morgan fingerprint density at radius 2 is 1.56 bits per heavy atom. The first-order chi connectivity index (χ1) is 16.0. The van der Waals surface area contributed by atoms with Crippen molar-refractivity contribution in [3.63, 3.8) is 0 Å². The second kappa shape index (κ2) is 10.2. The van der Waals surface area contributed by atoms with Crippen LogP contribution in [0.2, 0.25) is 0 Å². The highest BCUT2D eigenvalue weighted by atomic mass is 16.6. The molecule has 1 N–H and O–H groups in total. The fourth-order valence-corrected chi connectivity index (χ4v) is 4.89. The van der Waals surface area contributed by atoms with Gasteiger partial charge in [-0.15, -0.1) is 0 Å². The molecule has 1 atom stereocenters. The quantitative estimate of drug-likeness (QED) is 0.721. The van der Waals surface area contributed by atoms with Crippen molar-refractivity contribution in [1.82, 2.24) is 19.6 Å². The number of carbonyl (C=O) groups excluding carboxylic acids is 2. The lowest BCUT2D eigenvalue weighted by Gasteiger charge is -2.57. The van der Waals surface area contributed by atoms with Gasteiger partial charge < -0.3 is 19.6 Å². The highest BCUT2D eigenvalue weighted by Crippen LogP contribution is 2.41. The molecule has 0 bridgehead atoms. The van der Waals surface area contributed by atoms with Crippen molar-refractivity contribution in [2.75, 3.05) is 45.8 Å². The van der Waals surface area contributed by atoms with Crippen molar-refractivity contribution in [3.8, 4) is 0 Å². The summed E-state index contributed by atoms with van der Waals surface area (Å²) in [5.41, 5.74) is -0.920. The molecule has 3 amide bonds. The zero-order valence-corrected chi connectivity index (χ0v) is 21.0. The van der Waals surface area contributed by atoms with Crippen LogP contribution in [0.4, 0.5) is 9.59 Å². The number of nitrogens with zero attached hydrogens (tertiary/aromatic N) is 4. The van der Waals surface area contributed by atoms with E-state index < -0.39 is 23.1 Å². The van der Waals surface area contributed by atoms with E-state index in [0.29, 0.717) is 39.3 Å². The van der Waals surface area contributed by atoms with Gasteiger partial charge >= 0.3 is 12.2 Å². The average molecular weight is 475 g/mol. The van der Waals surface area contributed by atoms with Crippen LogP contribution in [0.3, 0.4) is 0 Å². The van der Waals surface area contributed by atoms with Crippen LogP contribution in [0.5, 0.6) is 0 Å². The van der Waals surface area contributed by atoms with Crippen molar-refractivity contribution in [2.45, 2.75) is 52.8 Å². The van der Waals surface area contributed by atoms with Crippen molar-refractivity contribution >= 4 is 18.1 Å². The summed E-state index contributed by atoms with van der Waals surface area (Å²) in [6, 6.07) is 9.68. The largest absolute Gasteiger partial charge is 0.465 e. The van der Waals surface area contributed by atoms with Gasteiger partial charge in [-0.3, -0.25) is 14.6 Å². The zero-order chi connectivity index (χ0) is 25.1. The third-order valence-corrected chi connectivity index (χ3v) is 7.09. The van der Waals surface area contributed by atoms with Gasteiger partial charge in [0, 0.05) is 51.9 Å². The summed E-state index contributed by atoms with van der Waals surface area (Å²) in [5, 5.41) is 10.0. The van der Waals surface area contributed by atoms with Gasteiger partial charge in [0.2, 0.25) is 0 Å². The number of amides is 3. The normalized spacial score (nSPS) is 22.1. The number of carboxylic acid groups (broad SMARTS) is 1. The Hall–Kier alpha value is -2.81. The summed E-state index contributed by atoms with van der Waals surface area (Å²) in [6.07, 6.45) is -1.48. The molecule has 2 saturated heterocycles. The van der Waals surface area contributed by atoms with Crippen LogP contribution in [0.25, 0.3) is 0 Å². The number of ether oxygens (including phenoxy) is 1. The molecule has 0 unspecified atom stereocenters. The standard InChI is InChI=1S/C25H38N4O5/c1-19(2)28-15-16-29(22(31)32)25(18-28,24(3,4)5)21(30)26-11-13-27(14-12-26)23(33)34-17-20-9-7-6-8-10-20/h6-10,19H,11-18H2,1-5H3,(H,31,32)/t25-/m1/s1. The summed E-state index contributed by atoms with van der Waals surface area (Å²) < 4.78 is 5.43. The summed E-state index contributed by atoms with van der Waals surface area (Å²) in [7, 11) is 0. The molecule has 2 aliphatic rings. The fraction of sp³-hybridized carbons (Fsp3) is 0.640. The Kier molecular flexibility index (Phi) is 7.75. The highest BCUT2D eigenvalue weighted by Gasteiger charge is 2.59. The van der Waals surface area contributed by atoms with Crippen molar-refractivity contribution < 1.29 is 24.2 Å². The van der Waals surface area contributed by atoms with E-state index in [2.05, 4.69) is 18.7 Å². The maximum absolute atomic E-state index is 14.1. The van der Waals surface area contributed by atoms with Crippen molar-refractivity contribution in [3.05, 3.63) is 35.9 Å². The van der Waals surface area contributed by atoms with Gasteiger partial charge in [0.15, 0.2) is 0 Å². The van der Waals surface area contributed by atoms with E-state index in [1.165, 1.54) is 4.90 Å². The number of carbonyl (C=O) groups is 3. The first-order valence-electron chi connectivity index (χ1n) is 12.0. The molecular formula is C25H38N4O5. The van der Waals surface area contributed by atoms with Crippen LogP contribution >= 0.6 is 0 Å². The Bertz CT molecular complexity index is 877. The van der Waals surface area contributed by atoms with E-state index in [9.17, 15) is 19.5 Å². The lowest BCUT2D eigenvalue weighted by molar-refractivity contribution is -0.160. The van der Waals surface area contributed by atoms with Gasteiger partial charge in [0.1, 0.15) is 12.1 Å². The van der Waals surface area contributed by atoms with Gasteiger partial charge in [-0.2, -0.15) is 0 Å². The van der Waals surface area contributed by atoms with Crippen LogP contribution in [0.15, 0.2) is 30.3 Å².